The standard InChI is InChI=1S/C29H23F3N6O2S/c1-15-3-4-18(9-22(15)23-7-8-24-27(35-23)41-28(36-24)37-25(39)17-5-6-17)26(40)34-20-10-19(29(30,31)32)11-21(12-20)38-13-16(2)33-14-38/h3-4,7-14,17H,5-6H2,1-2H3,(H,34,40)(H,36,37,39). The normalized spacial score (nSPS) is 13.4. The molecule has 12 heteroatoms. The molecule has 0 aliphatic heterocycles. The van der Waals surface area contributed by atoms with Crippen LogP contribution >= 0.6 is 11.3 Å². The maximum absolute atomic E-state index is 13.7. The molecular formula is C29H23F3N6O2S. The molecule has 3 heterocycles. The van der Waals surface area contributed by atoms with Gasteiger partial charge in [-0.25, -0.2) is 15.0 Å². The maximum atomic E-state index is 13.7. The van der Waals surface area contributed by atoms with Gasteiger partial charge in [-0.2, -0.15) is 13.2 Å². The van der Waals surface area contributed by atoms with Crippen molar-refractivity contribution in [3.05, 3.63) is 83.4 Å². The minimum atomic E-state index is -4.61. The molecule has 0 bridgehead atoms. The fourth-order valence-corrected chi connectivity index (χ4v) is 5.22. The highest BCUT2D eigenvalue weighted by Gasteiger charge is 2.32. The fourth-order valence-electron chi connectivity index (χ4n) is 4.37. The predicted octanol–water partition coefficient (Wildman–Crippen LogP) is 6.78. The number of imidazole rings is 1. The largest absolute Gasteiger partial charge is 0.416 e. The van der Waals surface area contributed by atoms with Gasteiger partial charge in [0.15, 0.2) is 5.13 Å². The Morgan fingerprint density at radius 3 is 2.51 bits per heavy atom. The Labute approximate surface area is 236 Å². The number of amides is 2. The molecule has 3 aromatic heterocycles. The number of nitrogens with zero attached hydrogens (tertiary/aromatic N) is 4. The summed E-state index contributed by atoms with van der Waals surface area (Å²) in [6, 6.07) is 12.0. The first-order valence-electron chi connectivity index (χ1n) is 12.8. The number of thiazole rings is 1. The summed E-state index contributed by atoms with van der Waals surface area (Å²) in [4.78, 5) is 39.2. The Morgan fingerprint density at radius 2 is 1.80 bits per heavy atom. The molecule has 6 rings (SSSR count). The Kier molecular flexibility index (Phi) is 6.57. The number of anilines is 2. The summed E-state index contributed by atoms with van der Waals surface area (Å²) < 4.78 is 42.4. The van der Waals surface area contributed by atoms with Crippen LogP contribution in [0.3, 0.4) is 0 Å². The summed E-state index contributed by atoms with van der Waals surface area (Å²) >= 11 is 1.27. The summed E-state index contributed by atoms with van der Waals surface area (Å²) in [5.41, 5.74) is 3.02. The molecule has 0 radical (unpaired) electrons. The van der Waals surface area contributed by atoms with Crippen LogP contribution in [0.1, 0.15) is 40.0 Å². The molecule has 0 unspecified atom stereocenters. The number of rotatable bonds is 6. The van der Waals surface area contributed by atoms with Gasteiger partial charge in [0.2, 0.25) is 5.91 Å². The molecule has 5 aromatic rings. The molecule has 8 nitrogen and oxygen atoms in total. The molecule has 1 aliphatic rings. The van der Waals surface area contributed by atoms with Crippen LogP contribution in [-0.2, 0) is 11.0 Å². The monoisotopic (exact) mass is 576 g/mol. The van der Waals surface area contributed by atoms with Gasteiger partial charge in [-0.3, -0.25) is 9.59 Å². The van der Waals surface area contributed by atoms with E-state index in [0.717, 1.165) is 30.5 Å². The van der Waals surface area contributed by atoms with Crippen molar-refractivity contribution in [1.82, 2.24) is 19.5 Å². The molecule has 1 fully saturated rings. The van der Waals surface area contributed by atoms with Crippen LogP contribution < -0.4 is 10.6 Å². The second-order valence-corrected chi connectivity index (χ2v) is 11.0. The lowest BCUT2D eigenvalue weighted by molar-refractivity contribution is -0.137. The quantitative estimate of drug-likeness (QED) is 0.232. The molecule has 0 spiro atoms. The van der Waals surface area contributed by atoms with Gasteiger partial charge in [0, 0.05) is 34.6 Å². The first-order chi connectivity index (χ1) is 19.5. The van der Waals surface area contributed by atoms with Crippen LogP contribution in [0.5, 0.6) is 0 Å². The van der Waals surface area contributed by atoms with E-state index in [-0.39, 0.29) is 28.8 Å². The molecule has 0 saturated heterocycles. The highest BCUT2D eigenvalue weighted by Crippen LogP contribution is 2.35. The van der Waals surface area contributed by atoms with E-state index in [4.69, 9.17) is 4.98 Å². The number of aromatic nitrogens is 4. The number of fused-ring (bicyclic) bond motifs is 1. The van der Waals surface area contributed by atoms with Crippen LogP contribution in [-0.4, -0.2) is 31.3 Å². The molecule has 2 amide bonds. The number of aryl methyl sites for hydroxylation is 2. The summed E-state index contributed by atoms with van der Waals surface area (Å²) in [6.45, 7) is 3.61. The van der Waals surface area contributed by atoms with Crippen LogP contribution in [0.25, 0.3) is 27.3 Å². The third-order valence-corrected chi connectivity index (χ3v) is 7.60. The Bertz CT molecular complexity index is 1820. The summed E-state index contributed by atoms with van der Waals surface area (Å²) in [7, 11) is 0. The zero-order valence-corrected chi connectivity index (χ0v) is 22.7. The van der Waals surface area contributed by atoms with E-state index >= 15 is 0 Å². The minimum absolute atomic E-state index is 0.00159. The van der Waals surface area contributed by atoms with Crippen molar-refractivity contribution in [2.75, 3.05) is 10.6 Å². The Balaban J connectivity index is 1.28. The molecule has 0 atom stereocenters. The van der Waals surface area contributed by atoms with Gasteiger partial charge in [0.25, 0.3) is 5.91 Å². The third kappa shape index (κ3) is 5.68. The maximum Gasteiger partial charge on any atom is 0.416 e. The third-order valence-electron chi connectivity index (χ3n) is 6.72. The number of halogens is 3. The molecule has 208 valence electrons. The van der Waals surface area contributed by atoms with E-state index in [1.54, 1.807) is 43.5 Å². The van der Waals surface area contributed by atoms with Crippen LogP contribution in [0, 0.1) is 19.8 Å². The number of hydrogen-bond acceptors (Lipinski definition) is 6. The van der Waals surface area contributed by atoms with Crippen molar-refractivity contribution in [3.8, 4) is 16.9 Å². The number of alkyl halides is 3. The number of nitrogens with one attached hydrogen (secondary N) is 2. The van der Waals surface area contributed by atoms with Gasteiger partial charge in [-0.1, -0.05) is 17.4 Å². The number of carbonyl (C=O) groups is 2. The van der Waals surface area contributed by atoms with Crippen molar-refractivity contribution in [3.63, 3.8) is 0 Å². The van der Waals surface area contributed by atoms with Crippen molar-refractivity contribution >= 4 is 44.3 Å². The number of carbonyl (C=O) groups excluding carboxylic acids is 2. The Hall–Kier alpha value is -4.58. The zero-order chi connectivity index (χ0) is 28.9. The van der Waals surface area contributed by atoms with Gasteiger partial charge < -0.3 is 15.2 Å². The van der Waals surface area contributed by atoms with Crippen molar-refractivity contribution in [2.45, 2.75) is 32.9 Å². The van der Waals surface area contributed by atoms with Crippen LogP contribution in [0.2, 0.25) is 0 Å². The molecule has 2 aromatic carbocycles. The zero-order valence-electron chi connectivity index (χ0n) is 21.9. The number of pyridine rings is 1. The first kappa shape index (κ1) is 26.6. The van der Waals surface area contributed by atoms with Crippen LogP contribution in [0.4, 0.5) is 24.0 Å². The number of hydrogen-bond donors (Lipinski definition) is 2. The van der Waals surface area contributed by atoms with E-state index in [9.17, 15) is 22.8 Å². The second kappa shape index (κ2) is 10.1. The van der Waals surface area contributed by atoms with Crippen molar-refractivity contribution in [1.29, 1.82) is 0 Å². The van der Waals surface area contributed by atoms with E-state index < -0.39 is 17.6 Å². The van der Waals surface area contributed by atoms with E-state index in [1.165, 1.54) is 28.3 Å². The minimum Gasteiger partial charge on any atom is -0.322 e. The SMILES string of the molecule is Cc1cn(-c2cc(NC(=O)c3ccc(C)c(-c4ccc5nc(NC(=O)C6CC6)sc5n4)c3)cc(C(F)(F)F)c2)cn1. The van der Waals surface area contributed by atoms with E-state index in [2.05, 4.69) is 20.6 Å². The van der Waals surface area contributed by atoms with Gasteiger partial charge in [0.1, 0.15) is 10.3 Å². The van der Waals surface area contributed by atoms with Crippen molar-refractivity contribution in [2.24, 2.45) is 5.92 Å². The van der Waals surface area contributed by atoms with Gasteiger partial charge in [0.05, 0.1) is 23.3 Å². The average molecular weight is 577 g/mol. The summed E-state index contributed by atoms with van der Waals surface area (Å²) in [6.07, 6.45) is 0.191. The molecule has 1 saturated carbocycles. The second-order valence-electron chi connectivity index (χ2n) is 9.98. The highest BCUT2D eigenvalue weighted by molar-refractivity contribution is 7.22. The molecule has 41 heavy (non-hydrogen) atoms. The fraction of sp³-hybridized carbons (Fsp3) is 0.207. The molecule has 2 N–H and O–H groups in total. The lowest BCUT2D eigenvalue weighted by Gasteiger charge is -2.14. The number of benzene rings is 2. The van der Waals surface area contributed by atoms with Gasteiger partial charge >= 0.3 is 6.18 Å². The van der Waals surface area contributed by atoms with Gasteiger partial charge in [-0.15, -0.1) is 0 Å². The average Bonchev–Trinajstić information content (AvgIpc) is 3.57. The van der Waals surface area contributed by atoms with Crippen molar-refractivity contribution < 1.29 is 22.8 Å². The predicted molar refractivity (Wildman–Crippen MR) is 150 cm³/mol. The van der Waals surface area contributed by atoms with E-state index in [1.807, 2.05) is 6.92 Å². The van der Waals surface area contributed by atoms with Gasteiger partial charge in [-0.05, 0) is 74.7 Å². The molecular weight excluding hydrogens is 553 g/mol. The smallest absolute Gasteiger partial charge is 0.322 e. The first-order valence-corrected chi connectivity index (χ1v) is 13.6. The lowest BCUT2D eigenvalue weighted by Crippen LogP contribution is -2.14. The Morgan fingerprint density at radius 1 is 1.00 bits per heavy atom. The summed E-state index contributed by atoms with van der Waals surface area (Å²) in [5.74, 6) is -0.547. The molecule has 1 aliphatic carbocycles. The van der Waals surface area contributed by atoms with E-state index in [0.29, 0.717) is 32.4 Å². The lowest BCUT2D eigenvalue weighted by atomic mass is 10.0. The topological polar surface area (TPSA) is 102 Å². The summed E-state index contributed by atoms with van der Waals surface area (Å²) in [5, 5.41) is 5.93. The van der Waals surface area contributed by atoms with Crippen LogP contribution in [0.15, 0.2) is 61.1 Å². The highest BCUT2D eigenvalue weighted by atomic mass is 32.1.